The molecule has 0 aliphatic carbocycles. The molecular formula is C7H5ClN2. The van der Waals surface area contributed by atoms with E-state index in [-0.39, 0.29) is 0 Å². The van der Waals surface area contributed by atoms with E-state index in [1.54, 1.807) is 6.20 Å². The Morgan fingerprint density at radius 1 is 1.50 bits per heavy atom. The molecule has 1 aromatic rings. The Morgan fingerprint density at radius 3 is 3.20 bits per heavy atom. The number of hydrogen-bond donors (Lipinski definition) is 0. The molecule has 0 fully saturated rings. The van der Waals surface area contributed by atoms with Crippen molar-refractivity contribution in [2.45, 2.75) is 6.54 Å². The molecule has 0 aromatic carbocycles. The average molecular weight is 153 g/mol. The summed E-state index contributed by atoms with van der Waals surface area (Å²) in [6, 6.07) is 1.91. The van der Waals surface area contributed by atoms with Gasteiger partial charge >= 0.3 is 0 Å². The lowest BCUT2D eigenvalue weighted by Gasteiger charge is -1.96. The first-order valence-electron chi connectivity index (χ1n) is 3.01. The molecule has 1 aliphatic heterocycles. The molecule has 3 heteroatoms. The largest absolute Gasteiger partial charge is 0.288 e. The van der Waals surface area contributed by atoms with Crippen molar-refractivity contribution in [2.75, 3.05) is 0 Å². The first-order valence-corrected chi connectivity index (χ1v) is 3.39. The van der Waals surface area contributed by atoms with Crippen LogP contribution in [0.4, 0.5) is 0 Å². The van der Waals surface area contributed by atoms with Gasteiger partial charge in [-0.25, -0.2) is 4.98 Å². The molecule has 0 bridgehead atoms. The number of halogens is 1. The van der Waals surface area contributed by atoms with Gasteiger partial charge in [-0.1, -0.05) is 11.6 Å². The van der Waals surface area contributed by atoms with Gasteiger partial charge in [0.1, 0.15) is 5.15 Å². The van der Waals surface area contributed by atoms with Crippen LogP contribution in [-0.4, -0.2) is 11.2 Å². The van der Waals surface area contributed by atoms with Crippen molar-refractivity contribution in [1.82, 2.24) is 4.98 Å². The Bertz CT molecular complexity index is 294. The molecule has 0 atom stereocenters. The molecule has 2 rings (SSSR count). The van der Waals surface area contributed by atoms with Crippen LogP contribution in [0.1, 0.15) is 11.1 Å². The monoisotopic (exact) mass is 152 g/mol. The number of fused-ring (bicyclic) bond motifs is 1. The van der Waals surface area contributed by atoms with Gasteiger partial charge in [-0.3, -0.25) is 4.99 Å². The molecule has 0 N–H and O–H groups in total. The van der Waals surface area contributed by atoms with Crippen LogP contribution in [0.3, 0.4) is 0 Å². The second-order valence-electron chi connectivity index (χ2n) is 2.14. The zero-order valence-electron chi connectivity index (χ0n) is 5.21. The fourth-order valence-electron chi connectivity index (χ4n) is 0.993. The van der Waals surface area contributed by atoms with Crippen molar-refractivity contribution in [3.05, 3.63) is 28.5 Å². The molecule has 0 saturated carbocycles. The maximum Gasteiger partial charge on any atom is 0.134 e. The second-order valence-corrected chi connectivity index (χ2v) is 2.50. The molecule has 0 amide bonds. The lowest BCUT2D eigenvalue weighted by Crippen LogP contribution is -1.87. The van der Waals surface area contributed by atoms with Crippen LogP contribution < -0.4 is 0 Å². The van der Waals surface area contributed by atoms with Crippen LogP contribution in [0.25, 0.3) is 0 Å². The minimum atomic E-state index is 0.579. The van der Waals surface area contributed by atoms with Crippen LogP contribution in [0.15, 0.2) is 17.3 Å². The molecule has 1 aromatic heterocycles. The van der Waals surface area contributed by atoms with Crippen LogP contribution >= 0.6 is 11.6 Å². The van der Waals surface area contributed by atoms with Crippen molar-refractivity contribution in [2.24, 2.45) is 4.99 Å². The van der Waals surface area contributed by atoms with E-state index in [1.165, 1.54) is 0 Å². The van der Waals surface area contributed by atoms with Crippen molar-refractivity contribution in [1.29, 1.82) is 0 Å². The summed E-state index contributed by atoms with van der Waals surface area (Å²) < 4.78 is 0. The Labute approximate surface area is 63.6 Å². The van der Waals surface area contributed by atoms with Gasteiger partial charge in [0.05, 0.1) is 6.54 Å². The highest BCUT2D eigenvalue weighted by molar-refractivity contribution is 6.30. The van der Waals surface area contributed by atoms with E-state index in [0.29, 0.717) is 11.7 Å². The molecular weight excluding hydrogens is 148 g/mol. The number of aromatic nitrogens is 1. The fraction of sp³-hybridized carbons (Fsp3) is 0.143. The summed E-state index contributed by atoms with van der Waals surface area (Å²) in [5.74, 6) is 0. The third-order valence-corrected chi connectivity index (χ3v) is 1.84. The van der Waals surface area contributed by atoms with Gasteiger partial charge in [0.15, 0.2) is 0 Å². The number of pyridine rings is 1. The Kier molecular flexibility index (Phi) is 1.21. The molecule has 0 spiro atoms. The van der Waals surface area contributed by atoms with Crippen molar-refractivity contribution in [3.63, 3.8) is 0 Å². The summed E-state index contributed by atoms with van der Waals surface area (Å²) in [4.78, 5) is 8.00. The van der Waals surface area contributed by atoms with E-state index in [0.717, 1.165) is 11.1 Å². The third-order valence-electron chi connectivity index (χ3n) is 1.52. The minimum Gasteiger partial charge on any atom is -0.288 e. The summed E-state index contributed by atoms with van der Waals surface area (Å²) in [5, 5.41) is 0.579. The van der Waals surface area contributed by atoms with Crippen molar-refractivity contribution in [3.8, 4) is 0 Å². The maximum atomic E-state index is 5.78. The predicted octanol–water partition coefficient (Wildman–Crippen LogP) is 1.67. The van der Waals surface area contributed by atoms with Crippen LogP contribution in [-0.2, 0) is 6.54 Å². The summed E-state index contributed by atoms with van der Waals surface area (Å²) >= 11 is 5.78. The number of rotatable bonds is 0. The molecule has 2 nitrogen and oxygen atoms in total. The molecule has 2 heterocycles. The zero-order valence-corrected chi connectivity index (χ0v) is 5.97. The maximum absolute atomic E-state index is 5.78. The van der Waals surface area contributed by atoms with E-state index < -0.39 is 0 Å². The minimum absolute atomic E-state index is 0.579. The summed E-state index contributed by atoms with van der Waals surface area (Å²) in [6.07, 6.45) is 3.52. The Balaban J connectivity index is 2.66. The van der Waals surface area contributed by atoms with E-state index in [2.05, 4.69) is 9.98 Å². The SMILES string of the molecule is Clc1nccc2c1CN=C2. The first kappa shape index (κ1) is 5.86. The summed E-state index contributed by atoms with van der Waals surface area (Å²) in [6.45, 7) is 0.683. The molecule has 50 valence electrons. The van der Waals surface area contributed by atoms with E-state index in [4.69, 9.17) is 11.6 Å². The molecule has 1 aliphatic rings. The van der Waals surface area contributed by atoms with Gasteiger partial charge < -0.3 is 0 Å². The summed E-state index contributed by atoms with van der Waals surface area (Å²) in [5.41, 5.74) is 2.14. The average Bonchev–Trinajstić information content (AvgIpc) is 2.36. The Morgan fingerprint density at radius 2 is 2.40 bits per heavy atom. The lowest BCUT2D eigenvalue weighted by atomic mass is 10.2. The van der Waals surface area contributed by atoms with Gasteiger partial charge in [0.2, 0.25) is 0 Å². The van der Waals surface area contributed by atoms with E-state index in [9.17, 15) is 0 Å². The number of hydrogen-bond acceptors (Lipinski definition) is 2. The van der Waals surface area contributed by atoms with Crippen LogP contribution in [0.5, 0.6) is 0 Å². The number of aliphatic imine (C=N–C) groups is 1. The first-order chi connectivity index (χ1) is 4.88. The van der Waals surface area contributed by atoms with Crippen molar-refractivity contribution >= 4 is 17.8 Å². The Hall–Kier alpha value is -0.890. The van der Waals surface area contributed by atoms with Gasteiger partial charge in [-0.15, -0.1) is 0 Å². The fourth-order valence-corrected chi connectivity index (χ4v) is 1.22. The molecule has 0 saturated heterocycles. The van der Waals surface area contributed by atoms with E-state index >= 15 is 0 Å². The van der Waals surface area contributed by atoms with Crippen molar-refractivity contribution < 1.29 is 0 Å². The lowest BCUT2D eigenvalue weighted by molar-refractivity contribution is 1.09. The number of nitrogens with zero attached hydrogens (tertiary/aromatic N) is 2. The second kappa shape index (κ2) is 2.06. The highest BCUT2D eigenvalue weighted by Gasteiger charge is 2.09. The van der Waals surface area contributed by atoms with Crippen LogP contribution in [0, 0.1) is 0 Å². The van der Waals surface area contributed by atoms with Gasteiger partial charge in [0, 0.05) is 23.5 Å². The standard InChI is InChI=1S/C7H5ClN2/c8-7-6-4-9-3-5(6)1-2-10-7/h1-3H,4H2. The smallest absolute Gasteiger partial charge is 0.134 e. The predicted molar refractivity (Wildman–Crippen MR) is 40.5 cm³/mol. The quantitative estimate of drug-likeness (QED) is 0.519. The van der Waals surface area contributed by atoms with Gasteiger partial charge in [-0.2, -0.15) is 0 Å². The highest BCUT2D eigenvalue weighted by Crippen LogP contribution is 2.20. The van der Waals surface area contributed by atoms with Gasteiger partial charge in [-0.05, 0) is 6.07 Å². The van der Waals surface area contributed by atoms with Gasteiger partial charge in [0.25, 0.3) is 0 Å². The molecule has 0 radical (unpaired) electrons. The zero-order chi connectivity index (χ0) is 6.97. The highest BCUT2D eigenvalue weighted by atomic mass is 35.5. The normalized spacial score (nSPS) is 13.7. The topological polar surface area (TPSA) is 25.2 Å². The molecule has 10 heavy (non-hydrogen) atoms. The molecule has 0 unspecified atom stereocenters. The van der Waals surface area contributed by atoms with E-state index in [1.807, 2.05) is 12.3 Å². The van der Waals surface area contributed by atoms with Crippen LogP contribution in [0.2, 0.25) is 5.15 Å². The third kappa shape index (κ3) is 0.727. The summed E-state index contributed by atoms with van der Waals surface area (Å²) in [7, 11) is 0.